The number of nitrogens with zero attached hydrogens (tertiary/aromatic N) is 3. The molecule has 0 spiro atoms. The van der Waals surface area contributed by atoms with Gasteiger partial charge in [0.05, 0.1) is 18.8 Å². The molecule has 0 radical (unpaired) electrons. The number of hydrogen-bond acceptors (Lipinski definition) is 7. The molecule has 3 heterocycles. The zero-order valence-electron chi connectivity index (χ0n) is 22.7. The Hall–Kier alpha value is -2.95. The highest BCUT2D eigenvalue weighted by molar-refractivity contribution is 6.76. The number of aliphatic hydroxyl groups excluding tert-OH is 1. The summed E-state index contributed by atoms with van der Waals surface area (Å²) in [5.74, 6) is 1.87. The van der Waals surface area contributed by atoms with Crippen LogP contribution in [-0.4, -0.2) is 60.1 Å². The highest BCUT2D eigenvalue weighted by atomic mass is 28.3. The van der Waals surface area contributed by atoms with Crippen LogP contribution in [0.25, 0.3) is 22.2 Å². The number of carbonyl (C=O) groups is 1. The maximum absolute atomic E-state index is 12.7. The molecule has 3 aromatic heterocycles. The van der Waals surface area contributed by atoms with Crippen molar-refractivity contribution in [2.45, 2.75) is 64.2 Å². The molecule has 204 valence electrons. The van der Waals surface area contributed by atoms with E-state index in [-0.39, 0.29) is 30.5 Å². The molecule has 0 unspecified atom stereocenters. The van der Waals surface area contributed by atoms with Crippen molar-refractivity contribution in [3.05, 3.63) is 30.6 Å². The maximum Gasteiger partial charge on any atom is 0.228 e. The van der Waals surface area contributed by atoms with Gasteiger partial charge in [0, 0.05) is 50.5 Å². The Morgan fingerprint density at radius 2 is 2.05 bits per heavy atom. The lowest BCUT2D eigenvalue weighted by molar-refractivity contribution is -0.117. The van der Waals surface area contributed by atoms with Crippen LogP contribution in [0, 0.1) is 11.8 Å². The molecule has 9 nitrogen and oxygen atoms in total. The topological polar surface area (TPSA) is 108 Å². The van der Waals surface area contributed by atoms with E-state index in [1.807, 2.05) is 29.0 Å². The van der Waals surface area contributed by atoms with Crippen LogP contribution < -0.4 is 14.8 Å². The van der Waals surface area contributed by atoms with Crippen LogP contribution in [0.4, 0.5) is 5.82 Å². The molecule has 0 aromatic carbocycles. The predicted octanol–water partition coefficient (Wildman–Crippen LogP) is 4.92. The Kier molecular flexibility index (Phi) is 7.74. The van der Waals surface area contributed by atoms with E-state index in [1.54, 1.807) is 13.3 Å². The molecule has 5 rings (SSSR count). The van der Waals surface area contributed by atoms with Crippen molar-refractivity contribution in [1.82, 2.24) is 14.5 Å². The number of fused-ring (bicyclic) bond motifs is 1. The van der Waals surface area contributed by atoms with Gasteiger partial charge < -0.3 is 29.2 Å². The molecule has 2 saturated carbocycles. The molecule has 10 heteroatoms. The first-order valence-electron chi connectivity index (χ1n) is 13.5. The normalized spacial score (nSPS) is 19.0. The molecule has 2 N–H and O–H groups in total. The Balaban J connectivity index is 1.48. The van der Waals surface area contributed by atoms with Crippen LogP contribution >= 0.6 is 0 Å². The number of ether oxygens (including phenoxy) is 3. The van der Waals surface area contributed by atoms with Gasteiger partial charge in [0.25, 0.3) is 0 Å². The monoisotopic (exact) mass is 538 g/mol. The summed E-state index contributed by atoms with van der Waals surface area (Å²) in [6.45, 7) is 8.12. The van der Waals surface area contributed by atoms with Crippen LogP contribution in [0.2, 0.25) is 25.7 Å². The van der Waals surface area contributed by atoms with E-state index in [9.17, 15) is 9.90 Å². The molecular weight excluding hydrogens is 500 g/mol. The second-order valence-corrected chi connectivity index (χ2v) is 17.2. The first-order chi connectivity index (χ1) is 18.3. The molecule has 3 aromatic rings. The van der Waals surface area contributed by atoms with E-state index >= 15 is 0 Å². The Morgan fingerprint density at radius 1 is 1.24 bits per heavy atom. The average molecular weight is 539 g/mol. The third-order valence-corrected chi connectivity index (χ3v) is 8.82. The van der Waals surface area contributed by atoms with E-state index < -0.39 is 8.07 Å². The van der Waals surface area contributed by atoms with E-state index in [0.717, 1.165) is 47.6 Å². The van der Waals surface area contributed by atoms with E-state index in [2.05, 4.69) is 29.9 Å². The van der Waals surface area contributed by atoms with Gasteiger partial charge in [-0.3, -0.25) is 4.79 Å². The van der Waals surface area contributed by atoms with Crippen LogP contribution in [0.5, 0.6) is 11.6 Å². The van der Waals surface area contributed by atoms with E-state index in [1.165, 1.54) is 0 Å². The van der Waals surface area contributed by atoms with Crippen molar-refractivity contribution in [2.24, 2.45) is 11.8 Å². The molecule has 2 aliphatic rings. The number of aliphatic hydroxyl groups is 1. The summed E-state index contributed by atoms with van der Waals surface area (Å²) < 4.78 is 20.0. The Morgan fingerprint density at radius 3 is 2.76 bits per heavy atom. The second-order valence-electron chi connectivity index (χ2n) is 11.5. The number of rotatable bonds is 13. The van der Waals surface area contributed by atoms with Crippen molar-refractivity contribution < 1.29 is 24.1 Å². The lowest BCUT2D eigenvalue weighted by atomic mass is 10.1. The predicted molar refractivity (Wildman–Crippen MR) is 149 cm³/mol. The van der Waals surface area contributed by atoms with Gasteiger partial charge in [-0.1, -0.05) is 19.6 Å². The van der Waals surface area contributed by atoms with Gasteiger partial charge in [-0.05, 0) is 55.8 Å². The standard InChI is InChI=1S/C28H38N4O5Si/c1-35-28-25(23(9-11-29-28)37-19-5-6-19)22-16-32(17-36-13-14-38(2,3)4)26-20(22)7-8-24(30-26)31-27(34)21-15-18(21)10-12-33/h7-9,11,16,18-19,21,33H,5-6,10,12-15,17H2,1-4H3,(H,30,31,34)/t18-,21-/m1/s1. The van der Waals surface area contributed by atoms with Crippen molar-refractivity contribution in [3.63, 3.8) is 0 Å². The Bertz CT molecular complexity index is 1300. The zero-order valence-corrected chi connectivity index (χ0v) is 23.7. The van der Waals surface area contributed by atoms with E-state index in [0.29, 0.717) is 37.1 Å². The molecule has 0 saturated heterocycles. The van der Waals surface area contributed by atoms with Gasteiger partial charge in [0.1, 0.15) is 23.9 Å². The number of pyridine rings is 2. The van der Waals surface area contributed by atoms with Gasteiger partial charge in [-0.2, -0.15) is 0 Å². The van der Waals surface area contributed by atoms with Gasteiger partial charge in [-0.15, -0.1) is 0 Å². The lowest BCUT2D eigenvalue weighted by Crippen LogP contribution is -2.22. The van der Waals surface area contributed by atoms with Crippen molar-refractivity contribution >= 4 is 30.8 Å². The summed E-state index contributed by atoms with van der Waals surface area (Å²) in [5.41, 5.74) is 2.39. The molecule has 2 atom stereocenters. The largest absolute Gasteiger partial charge is 0.490 e. The fourth-order valence-corrected chi connectivity index (χ4v) is 5.39. The molecule has 1 amide bonds. The minimum atomic E-state index is -1.22. The lowest BCUT2D eigenvalue weighted by Gasteiger charge is -2.15. The fraction of sp³-hybridized carbons (Fsp3) is 0.536. The number of carbonyl (C=O) groups excluding carboxylic acids is 1. The number of hydrogen-bond donors (Lipinski definition) is 2. The van der Waals surface area contributed by atoms with Crippen molar-refractivity contribution in [3.8, 4) is 22.8 Å². The number of methoxy groups -OCH3 is 1. The van der Waals surface area contributed by atoms with Crippen molar-refractivity contribution in [1.29, 1.82) is 0 Å². The smallest absolute Gasteiger partial charge is 0.228 e. The molecule has 0 bridgehead atoms. The average Bonchev–Trinajstić information content (AvgIpc) is 3.80. The van der Waals surface area contributed by atoms with Crippen LogP contribution in [0.3, 0.4) is 0 Å². The first kappa shape index (κ1) is 26.6. The number of nitrogens with one attached hydrogen (secondary N) is 1. The van der Waals surface area contributed by atoms with Gasteiger partial charge in [0.15, 0.2) is 0 Å². The molecule has 0 aliphatic heterocycles. The third-order valence-electron chi connectivity index (χ3n) is 7.12. The number of aromatic nitrogens is 3. The van der Waals surface area contributed by atoms with Crippen LogP contribution in [0.1, 0.15) is 25.7 Å². The summed E-state index contributed by atoms with van der Waals surface area (Å²) in [5, 5.41) is 13.0. The minimum absolute atomic E-state index is 0.0472. The fourth-order valence-electron chi connectivity index (χ4n) is 4.64. The maximum atomic E-state index is 12.7. The summed E-state index contributed by atoms with van der Waals surface area (Å²) in [7, 11) is 0.386. The molecule has 2 aliphatic carbocycles. The third kappa shape index (κ3) is 6.19. The summed E-state index contributed by atoms with van der Waals surface area (Å²) in [6, 6.07) is 6.75. The minimum Gasteiger partial charge on any atom is -0.490 e. The summed E-state index contributed by atoms with van der Waals surface area (Å²) in [6.07, 6.45) is 7.48. The molecule has 38 heavy (non-hydrogen) atoms. The van der Waals surface area contributed by atoms with Gasteiger partial charge in [-0.25, -0.2) is 9.97 Å². The van der Waals surface area contributed by atoms with Gasteiger partial charge >= 0.3 is 0 Å². The molecule has 2 fully saturated rings. The summed E-state index contributed by atoms with van der Waals surface area (Å²) in [4.78, 5) is 22.0. The number of amides is 1. The van der Waals surface area contributed by atoms with Crippen LogP contribution in [-0.2, 0) is 16.3 Å². The highest BCUT2D eigenvalue weighted by Gasteiger charge is 2.42. The quantitative estimate of drug-likeness (QED) is 0.235. The Labute approximate surface area is 224 Å². The SMILES string of the molecule is COc1nccc(OC2CC2)c1-c1cn(COCC[Si](C)(C)C)c2nc(NC(=O)[C@@H]3C[C@H]3CCO)ccc12. The summed E-state index contributed by atoms with van der Waals surface area (Å²) >= 11 is 0. The second kappa shape index (κ2) is 11.0. The molecular formula is C28H38N4O5Si. The van der Waals surface area contributed by atoms with Gasteiger partial charge in [0.2, 0.25) is 11.8 Å². The van der Waals surface area contributed by atoms with E-state index in [4.69, 9.17) is 19.2 Å². The zero-order chi connectivity index (χ0) is 26.9. The van der Waals surface area contributed by atoms with Crippen LogP contribution in [0.15, 0.2) is 30.6 Å². The number of anilines is 1. The van der Waals surface area contributed by atoms with Crippen molar-refractivity contribution in [2.75, 3.05) is 25.6 Å². The highest BCUT2D eigenvalue weighted by Crippen LogP contribution is 2.44. The first-order valence-corrected chi connectivity index (χ1v) is 17.2.